The second kappa shape index (κ2) is 11.0. The lowest BCUT2D eigenvalue weighted by Gasteiger charge is -2.20. The number of nitrogens with one attached hydrogen (secondary N) is 2. The third kappa shape index (κ3) is 6.65. The van der Waals surface area contributed by atoms with Crippen molar-refractivity contribution in [3.05, 3.63) is 21.9 Å². The van der Waals surface area contributed by atoms with Gasteiger partial charge >= 0.3 is 0 Å². The Balaban J connectivity index is 1.77. The smallest absolute Gasteiger partial charge is 0.191 e. The van der Waals surface area contributed by atoms with Crippen LogP contribution in [-0.2, 0) is 13.6 Å². The van der Waals surface area contributed by atoms with Crippen LogP contribution in [0.1, 0.15) is 25.5 Å². The average molecular weight is 403 g/mol. The van der Waals surface area contributed by atoms with E-state index < -0.39 is 0 Å². The number of rotatable bonds is 7. The van der Waals surface area contributed by atoms with Crippen molar-refractivity contribution < 1.29 is 0 Å². The van der Waals surface area contributed by atoms with E-state index in [0.717, 1.165) is 37.7 Å². The summed E-state index contributed by atoms with van der Waals surface area (Å²) in [5.41, 5.74) is 0.992. The monoisotopic (exact) mass is 402 g/mol. The van der Waals surface area contributed by atoms with Gasteiger partial charge in [-0.1, -0.05) is 23.2 Å². The standard InChI is InChI=1S/C18H32Cl2N6/c1-4-21-18(23-14-15-13-16(19)17(20)25(15)3)22-7-5-9-26-10-6-8-24(2)11-12-26/h13H,4-12,14H2,1-3H3,(H2,21,22,23). The van der Waals surface area contributed by atoms with Crippen LogP contribution in [0, 0.1) is 0 Å². The third-order valence-electron chi connectivity index (χ3n) is 4.71. The zero-order chi connectivity index (χ0) is 18.9. The molecule has 0 unspecified atom stereocenters. The number of aliphatic imine (C=N–C) groups is 1. The van der Waals surface area contributed by atoms with E-state index in [0.29, 0.717) is 16.7 Å². The number of hydrogen-bond donors (Lipinski definition) is 2. The molecule has 2 N–H and O–H groups in total. The zero-order valence-electron chi connectivity index (χ0n) is 16.2. The van der Waals surface area contributed by atoms with Crippen molar-refractivity contribution >= 4 is 29.2 Å². The molecule has 1 aliphatic heterocycles. The summed E-state index contributed by atoms with van der Waals surface area (Å²) in [5, 5.41) is 7.84. The van der Waals surface area contributed by atoms with E-state index in [1.807, 2.05) is 17.7 Å². The Morgan fingerprint density at radius 1 is 1.15 bits per heavy atom. The van der Waals surface area contributed by atoms with E-state index >= 15 is 0 Å². The quantitative estimate of drug-likeness (QED) is 0.417. The van der Waals surface area contributed by atoms with Gasteiger partial charge in [-0.05, 0) is 52.5 Å². The van der Waals surface area contributed by atoms with Crippen molar-refractivity contribution in [1.29, 1.82) is 0 Å². The van der Waals surface area contributed by atoms with Gasteiger partial charge in [-0.15, -0.1) is 0 Å². The Bertz CT molecular complexity index is 586. The summed E-state index contributed by atoms with van der Waals surface area (Å²) in [5.74, 6) is 0.830. The maximum absolute atomic E-state index is 6.12. The summed E-state index contributed by atoms with van der Waals surface area (Å²) in [6.45, 7) is 10.2. The van der Waals surface area contributed by atoms with Gasteiger partial charge in [0.25, 0.3) is 0 Å². The highest BCUT2D eigenvalue weighted by Crippen LogP contribution is 2.25. The molecule has 1 saturated heterocycles. The molecular weight excluding hydrogens is 371 g/mol. The molecule has 1 fully saturated rings. The predicted molar refractivity (Wildman–Crippen MR) is 111 cm³/mol. The second-order valence-electron chi connectivity index (χ2n) is 6.81. The van der Waals surface area contributed by atoms with Gasteiger partial charge in [0, 0.05) is 38.9 Å². The number of nitrogens with zero attached hydrogens (tertiary/aromatic N) is 4. The molecule has 1 aromatic heterocycles. The van der Waals surface area contributed by atoms with Gasteiger partial charge in [0.2, 0.25) is 0 Å². The van der Waals surface area contributed by atoms with Gasteiger partial charge in [-0.2, -0.15) is 0 Å². The van der Waals surface area contributed by atoms with Gasteiger partial charge in [0.1, 0.15) is 5.15 Å². The van der Waals surface area contributed by atoms with Crippen molar-refractivity contribution in [1.82, 2.24) is 25.0 Å². The minimum Gasteiger partial charge on any atom is -0.357 e. The lowest BCUT2D eigenvalue weighted by molar-refractivity contribution is 0.274. The fraction of sp³-hybridized carbons (Fsp3) is 0.722. The van der Waals surface area contributed by atoms with Crippen molar-refractivity contribution in [3.8, 4) is 0 Å². The Morgan fingerprint density at radius 3 is 2.65 bits per heavy atom. The molecule has 6 nitrogen and oxygen atoms in total. The van der Waals surface area contributed by atoms with E-state index in [4.69, 9.17) is 23.2 Å². The number of guanidine groups is 1. The number of aromatic nitrogens is 1. The third-order valence-corrected chi connectivity index (χ3v) is 5.56. The molecule has 26 heavy (non-hydrogen) atoms. The van der Waals surface area contributed by atoms with E-state index in [1.54, 1.807) is 0 Å². The topological polar surface area (TPSA) is 47.8 Å². The van der Waals surface area contributed by atoms with Crippen molar-refractivity contribution in [3.63, 3.8) is 0 Å². The normalized spacial score (nSPS) is 17.3. The summed E-state index contributed by atoms with van der Waals surface area (Å²) in [4.78, 5) is 9.62. The highest BCUT2D eigenvalue weighted by atomic mass is 35.5. The fourth-order valence-electron chi connectivity index (χ4n) is 3.08. The van der Waals surface area contributed by atoms with Gasteiger partial charge < -0.3 is 25.0 Å². The van der Waals surface area contributed by atoms with Gasteiger partial charge in [-0.25, -0.2) is 4.99 Å². The Kier molecular flexibility index (Phi) is 9.05. The molecule has 0 bridgehead atoms. The lowest BCUT2D eigenvalue weighted by Crippen LogP contribution is -2.39. The molecule has 0 radical (unpaired) electrons. The summed E-state index contributed by atoms with van der Waals surface area (Å²) < 4.78 is 1.87. The number of hydrogen-bond acceptors (Lipinski definition) is 3. The van der Waals surface area contributed by atoms with Crippen LogP contribution in [0.2, 0.25) is 10.2 Å². The van der Waals surface area contributed by atoms with Crippen LogP contribution in [0.3, 0.4) is 0 Å². The Hall–Kier alpha value is -0.950. The Morgan fingerprint density at radius 2 is 1.96 bits per heavy atom. The van der Waals surface area contributed by atoms with E-state index in [2.05, 4.69) is 39.4 Å². The molecule has 0 atom stereocenters. The molecule has 8 heteroatoms. The maximum Gasteiger partial charge on any atom is 0.191 e. The maximum atomic E-state index is 6.12. The van der Waals surface area contributed by atoms with Crippen molar-refractivity contribution in [2.24, 2.45) is 12.0 Å². The molecule has 1 aromatic rings. The lowest BCUT2D eigenvalue weighted by atomic mass is 10.3. The van der Waals surface area contributed by atoms with E-state index in [9.17, 15) is 0 Å². The molecule has 148 valence electrons. The molecular formula is C18H32Cl2N6. The molecule has 0 aliphatic carbocycles. The molecule has 0 saturated carbocycles. The molecule has 2 rings (SSSR count). The molecule has 1 aliphatic rings. The first-order valence-corrected chi connectivity index (χ1v) is 10.2. The molecule has 0 amide bonds. The SMILES string of the molecule is CCNC(=NCc1cc(Cl)c(Cl)n1C)NCCCN1CCCN(C)CC1. The summed E-state index contributed by atoms with van der Waals surface area (Å²) >= 11 is 12.2. The van der Waals surface area contributed by atoms with E-state index in [1.165, 1.54) is 32.6 Å². The minimum atomic E-state index is 0.538. The second-order valence-corrected chi connectivity index (χ2v) is 7.57. The fourth-order valence-corrected chi connectivity index (χ4v) is 3.49. The van der Waals surface area contributed by atoms with Crippen molar-refractivity contribution in [2.75, 3.05) is 52.9 Å². The van der Waals surface area contributed by atoms with Gasteiger partial charge in [0.15, 0.2) is 5.96 Å². The largest absolute Gasteiger partial charge is 0.357 e. The average Bonchev–Trinajstić information content (AvgIpc) is 2.78. The van der Waals surface area contributed by atoms with Crippen LogP contribution < -0.4 is 10.6 Å². The van der Waals surface area contributed by atoms with E-state index in [-0.39, 0.29) is 0 Å². The highest BCUT2D eigenvalue weighted by Gasteiger charge is 2.11. The first-order valence-electron chi connectivity index (χ1n) is 9.44. The predicted octanol–water partition coefficient (Wildman–Crippen LogP) is 2.41. The van der Waals surface area contributed by atoms with Crippen LogP contribution in [0.25, 0.3) is 0 Å². The van der Waals surface area contributed by atoms with Crippen LogP contribution in [0.4, 0.5) is 0 Å². The van der Waals surface area contributed by atoms with Crippen LogP contribution in [-0.4, -0.2) is 73.2 Å². The number of halogens is 2. The summed E-state index contributed by atoms with van der Waals surface area (Å²) in [7, 11) is 4.11. The molecule has 2 heterocycles. The zero-order valence-corrected chi connectivity index (χ0v) is 17.7. The van der Waals surface area contributed by atoms with Crippen LogP contribution >= 0.6 is 23.2 Å². The van der Waals surface area contributed by atoms with Crippen LogP contribution in [0.5, 0.6) is 0 Å². The number of likely N-dealkylation sites (N-methyl/N-ethyl adjacent to an activating group) is 1. The molecule has 0 spiro atoms. The van der Waals surface area contributed by atoms with Gasteiger partial charge in [-0.3, -0.25) is 0 Å². The first kappa shape index (κ1) is 21.4. The minimum absolute atomic E-state index is 0.538. The van der Waals surface area contributed by atoms with Crippen molar-refractivity contribution in [2.45, 2.75) is 26.3 Å². The van der Waals surface area contributed by atoms with Gasteiger partial charge in [0.05, 0.1) is 11.6 Å². The first-order chi connectivity index (χ1) is 12.5. The summed E-state index contributed by atoms with van der Waals surface area (Å²) in [6.07, 6.45) is 2.37. The molecule has 0 aromatic carbocycles. The summed E-state index contributed by atoms with van der Waals surface area (Å²) in [6, 6.07) is 1.87. The van der Waals surface area contributed by atoms with Crippen LogP contribution in [0.15, 0.2) is 11.1 Å². The highest BCUT2D eigenvalue weighted by molar-refractivity contribution is 6.41. The Labute approximate surface area is 167 Å².